The molecule has 1 aliphatic heterocycles. The highest BCUT2D eigenvalue weighted by Gasteiger charge is 2.19. The van der Waals surface area contributed by atoms with Crippen LogP contribution in [0.15, 0.2) is 36.5 Å². The molecule has 19 heavy (non-hydrogen) atoms. The monoisotopic (exact) mass is 255 g/mol. The third-order valence-electron chi connectivity index (χ3n) is 3.24. The molecular formula is C16H17NO2. The lowest BCUT2D eigenvalue weighted by atomic mass is 9.91. The van der Waals surface area contributed by atoms with Gasteiger partial charge in [0.2, 0.25) is 6.79 Å². The van der Waals surface area contributed by atoms with Gasteiger partial charge in [0.1, 0.15) is 0 Å². The molecule has 0 bridgehead atoms. The first-order chi connectivity index (χ1) is 9.05. The summed E-state index contributed by atoms with van der Waals surface area (Å²) in [5.41, 5.74) is 3.23. The second-order valence-electron chi connectivity index (χ2n) is 5.72. The smallest absolute Gasteiger partial charge is 0.231 e. The molecule has 3 heteroatoms. The third kappa shape index (κ3) is 2.16. The van der Waals surface area contributed by atoms with Crippen molar-refractivity contribution < 1.29 is 9.47 Å². The Bertz CT molecular complexity index is 597. The van der Waals surface area contributed by atoms with Gasteiger partial charge in [-0.3, -0.25) is 4.98 Å². The molecule has 0 saturated heterocycles. The fourth-order valence-corrected chi connectivity index (χ4v) is 2.15. The van der Waals surface area contributed by atoms with E-state index in [2.05, 4.69) is 37.9 Å². The summed E-state index contributed by atoms with van der Waals surface area (Å²) in [5, 5.41) is 0. The molecule has 98 valence electrons. The molecule has 1 aromatic heterocycles. The molecule has 3 nitrogen and oxygen atoms in total. The minimum Gasteiger partial charge on any atom is -0.454 e. The van der Waals surface area contributed by atoms with Gasteiger partial charge in [-0.05, 0) is 12.1 Å². The van der Waals surface area contributed by atoms with Gasteiger partial charge in [-0.2, -0.15) is 0 Å². The van der Waals surface area contributed by atoms with Crippen LogP contribution in [0.25, 0.3) is 11.1 Å². The Labute approximate surface area is 113 Å². The van der Waals surface area contributed by atoms with E-state index in [1.54, 1.807) is 0 Å². The Balaban J connectivity index is 2.02. The maximum Gasteiger partial charge on any atom is 0.231 e. The summed E-state index contributed by atoms with van der Waals surface area (Å²) in [7, 11) is 0. The fraction of sp³-hybridized carbons (Fsp3) is 0.312. The van der Waals surface area contributed by atoms with E-state index in [9.17, 15) is 0 Å². The molecule has 1 aromatic carbocycles. The Morgan fingerprint density at radius 3 is 2.58 bits per heavy atom. The first-order valence-electron chi connectivity index (χ1n) is 6.41. The number of hydrogen-bond donors (Lipinski definition) is 0. The molecular weight excluding hydrogens is 238 g/mol. The maximum atomic E-state index is 5.53. The van der Waals surface area contributed by atoms with Crippen LogP contribution in [0, 0.1) is 0 Å². The minimum atomic E-state index is 0.0662. The van der Waals surface area contributed by atoms with Crippen LogP contribution in [-0.2, 0) is 5.41 Å². The first kappa shape index (κ1) is 12.0. The number of fused-ring (bicyclic) bond motifs is 1. The normalized spacial score (nSPS) is 13.6. The van der Waals surface area contributed by atoms with Crippen LogP contribution in [0.4, 0.5) is 0 Å². The molecule has 3 rings (SSSR count). The van der Waals surface area contributed by atoms with Crippen LogP contribution in [-0.4, -0.2) is 11.8 Å². The van der Waals surface area contributed by atoms with E-state index in [4.69, 9.17) is 9.47 Å². The summed E-state index contributed by atoms with van der Waals surface area (Å²) in [6.07, 6.45) is 1.90. The van der Waals surface area contributed by atoms with Crippen LogP contribution >= 0.6 is 0 Å². The predicted molar refractivity (Wildman–Crippen MR) is 74.5 cm³/mol. The number of pyridine rings is 1. The molecule has 0 unspecified atom stereocenters. The minimum absolute atomic E-state index is 0.0662. The SMILES string of the molecule is CC(C)(C)c1ccc(-c2cccc3c2OCO3)cn1. The van der Waals surface area contributed by atoms with Gasteiger partial charge in [0, 0.05) is 28.4 Å². The van der Waals surface area contributed by atoms with Crippen molar-refractivity contribution in [1.82, 2.24) is 4.98 Å². The number of rotatable bonds is 1. The van der Waals surface area contributed by atoms with Gasteiger partial charge < -0.3 is 9.47 Å². The molecule has 0 N–H and O–H groups in total. The molecule has 0 atom stereocenters. The lowest BCUT2D eigenvalue weighted by molar-refractivity contribution is 0.174. The first-order valence-corrected chi connectivity index (χ1v) is 6.41. The number of ether oxygens (including phenoxy) is 2. The summed E-state index contributed by atoms with van der Waals surface area (Å²) in [6, 6.07) is 10.1. The van der Waals surface area contributed by atoms with E-state index in [0.29, 0.717) is 6.79 Å². The van der Waals surface area contributed by atoms with Crippen molar-refractivity contribution in [3.05, 3.63) is 42.2 Å². The average Bonchev–Trinajstić information content (AvgIpc) is 2.86. The quantitative estimate of drug-likeness (QED) is 0.777. The summed E-state index contributed by atoms with van der Waals surface area (Å²) in [6.45, 7) is 6.77. The highest BCUT2D eigenvalue weighted by Crippen LogP contribution is 2.41. The van der Waals surface area contributed by atoms with Gasteiger partial charge in [0.05, 0.1) is 0 Å². The number of hydrogen-bond acceptors (Lipinski definition) is 3. The topological polar surface area (TPSA) is 31.4 Å². The van der Waals surface area contributed by atoms with Gasteiger partial charge >= 0.3 is 0 Å². The molecule has 0 aliphatic carbocycles. The van der Waals surface area contributed by atoms with Crippen LogP contribution in [0.3, 0.4) is 0 Å². The summed E-state index contributed by atoms with van der Waals surface area (Å²) in [4.78, 5) is 4.56. The summed E-state index contributed by atoms with van der Waals surface area (Å²) < 4.78 is 10.9. The lowest BCUT2D eigenvalue weighted by Gasteiger charge is -2.17. The highest BCUT2D eigenvalue weighted by atomic mass is 16.7. The van der Waals surface area contributed by atoms with Gasteiger partial charge in [0.25, 0.3) is 0 Å². The largest absolute Gasteiger partial charge is 0.454 e. The molecule has 0 fully saturated rings. The molecule has 0 spiro atoms. The second-order valence-corrected chi connectivity index (χ2v) is 5.72. The Kier molecular flexibility index (Phi) is 2.70. The van der Waals surface area contributed by atoms with Gasteiger partial charge in [-0.15, -0.1) is 0 Å². The molecule has 1 aliphatic rings. The molecule has 2 heterocycles. The summed E-state index contributed by atoms with van der Waals surface area (Å²) >= 11 is 0. The Hall–Kier alpha value is -2.03. The Morgan fingerprint density at radius 2 is 1.89 bits per heavy atom. The van der Waals surface area contributed by atoms with E-state index in [-0.39, 0.29) is 5.41 Å². The summed E-state index contributed by atoms with van der Waals surface area (Å²) in [5.74, 6) is 1.62. The number of benzene rings is 1. The molecule has 0 radical (unpaired) electrons. The van der Waals surface area contributed by atoms with Crippen LogP contribution in [0.1, 0.15) is 26.5 Å². The number of para-hydroxylation sites is 1. The zero-order chi connectivity index (χ0) is 13.5. The van der Waals surface area contributed by atoms with Crippen molar-refractivity contribution >= 4 is 0 Å². The van der Waals surface area contributed by atoms with Crippen molar-refractivity contribution in [3.8, 4) is 22.6 Å². The van der Waals surface area contributed by atoms with Gasteiger partial charge in [-0.1, -0.05) is 39.0 Å². The zero-order valence-electron chi connectivity index (χ0n) is 11.4. The van der Waals surface area contributed by atoms with Crippen molar-refractivity contribution in [1.29, 1.82) is 0 Å². The maximum absolute atomic E-state index is 5.53. The molecule has 0 saturated carbocycles. The van der Waals surface area contributed by atoms with Crippen molar-refractivity contribution in [2.24, 2.45) is 0 Å². The van der Waals surface area contributed by atoms with E-state index in [1.807, 2.05) is 24.4 Å². The van der Waals surface area contributed by atoms with E-state index >= 15 is 0 Å². The van der Waals surface area contributed by atoms with Gasteiger partial charge in [0.15, 0.2) is 11.5 Å². The van der Waals surface area contributed by atoms with Gasteiger partial charge in [-0.25, -0.2) is 0 Å². The van der Waals surface area contributed by atoms with E-state index in [0.717, 1.165) is 28.3 Å². The van der Waals surface area contributed by atoms with Crippen LogP contribution < -0.4 is 9.47 Å². The number of aromatic nitrogens is 1. The van der Waals surface area contributed by atoms with Crippen molar-refractivity contribution in [2.45, 2.75) is 26.2 Å². The van der Waals surface area contributed by atoms with E-state index in [1.165, 1.54) is 0 Å². The van der Waals surface area contributed by atoms with E-state index < -0.39 is 0 Å². The highest BCUT2D eigenvalue weighted by molar-refractivity contribution is 5.73. The van der Waals surface area contributed by atoms with Crippen molar-refractivity contribution in [2.75, 3.05) is 6.79 Å². The number of nitrogens with zero attached hydrogens (tertiary/aromatic N) is 1. The standard InChI is InChI=1S/C16H17NO2/c1-16(2,3)14-8-7-11(9-17-14)12-5-4-6-13-15(12)19-10-18-13/h4-9H,10H2,1-3H3. The zero-order valence-corrected chi connectivity index (χ0v) is 11.4. The Morgan fingerprint density at radius 1 is 1.05 bits per heavy atom. The van der Waals surface area contributed by atoms with Crippen LogP contribution in [0.5, 0.6) is 11.5 Å². The second kappa shape index (κ2) is 4.26. The van der Waals surface area contributed by atoms with Crippen LogP contribution in [0.2, 0.25) is 0 Å². The lowest BCUT2D eigenvalue weighted by Crippen LogP contribution is -2.12. The van der Waals surface area contributed by atoms with Crippen molar-refractivity contribution in [3.63, 3.8) is 0 Å². The predicted octanol–water partition coefficient (Wildman–Crippen LogP) is 3.77. The molecule has 0 amide bonds. The fourth-order valence-electron chi connectivity index (χ4n) is 2.15. The average molecular weight is 255 g/mol. The third-order valence-corrected chi connectivity index (χ3v) is 3.24. The molecule has 2 aromatic rings.